The van der Waals surface area contributed by atoms with E-state index in [0.29, 0.717) is 13.1 Å². The summed E-state index contributed by atoms with van der Waals surface area (Å²) in [6.07, 6.45) is 3.10. The van der Waals surface area contributed by atoms with Gasteiger partial charge in [-0.05, 0) is 12.8 Å². The summed E-state index contributed by atoms with van der Waals surface area (Å²) in [6.45, 7) is 1.03. The van der Waals surface area contributed by atoms with Gasteiger partial charge in [-0.15, -0.1) is 36.2 Å². The predicted molar refractivity (Wildman–Crippen MR) is 80.0 cm³/mol. The molecule has 110 valence electrons. The molecule has 1 aromatic heterocycles. The van der Waals surface area contributed by atoms with Gasteiger partial charge in [-0.3, -0.25) is 4.79 Å². The van der Waals surface area contributed by atoms with Crippen molar-refractivity contribution in [1.29, 1.82) is 0 Å². The number of aromatic nitrogens is 1. The van der Waals surface area contributed by atoms with E-state index in [1.807, 2.05) is 5.38 Å². The number of halogens is 2. The summed E-state index contributed by atoms with van der Waals surface area (Å²) >= 11 is 1.55. The third kappa shape index (κ3) is 4.89. The van der Waals surface area contributed by atoms with Gasteiger partial charge in [0.15, 0.2) is 0 Å². The molecule has 19 heavy (non-hydrogen) atoms. The quantitative estimate of drug-likeness (QED) is 0.908. The predicted octanol–water partition coefficient (Wildman–Crippen LogP) is 1.45. The maximum atomic E-state index is 12.1. The molecule has 2 N–H and O–H groups in total. The van der Waals surface area contributed by atoms with Crippen molar-refractivity contribution in [3.8, 4) is 0 Å². The van der Waals surface area contributed by atoms with Crippen molar-refractivity contribution in [2.75, 3.05) is 13.6 Å². The maximum absolute atomic E-state index is 12.1. The normalized spacial score (nSPS) is 21.4. The molecule has 0 radical (unpaired) electrons. The van der Waals surface area contributed by atoms with Gasteiger partial charge in [0.1, 0.15) is 11.1 Å². The number of nitrogens with zero attached hydrogens (tertiary/aromatic N) is 2. The van der Waals surface area contributed by atoms with Crippen LogP contribution >= 0.6 is 36.2 Å². The van der Waals surface area contributed by atoms with Crippen molar-refractivity contribution in [3.05, 3.63) is 16.6 Å². The van der Waals surface area contributed by atoms with Crippen molar-refractivity contribution < 1.29 is 9.53 Å². The Hall–Kier alpha value is -0.400. The number of ether oxygens (including phenoxy) is 1. The minimum absolute atomic E-state index is 0. The molecule has 8 heteroatoms. The van der Waals surface area contributed by atoms with Crippen molar-refractivity contribution in [2.45, 2.75) is 31.6 Å². The summed E-state index contributed by atoms with van der Waals surface area (Å²) in [7, 11) is 1.78. The molecule has 1 aliphatic heterocycles. The molecule has 0 unspecified atom stereocenters. The maximum Gasteiger partial charge on any atom is 0.251 e. The number of nitrogens with two attached hydrogens (primary N) is 1. The third-order valence-electron chi connectivity index (χ3n) is 2.88. The van der Waals surface area contributed by atoms with Crippen LogP contribution in [0, 0.1) is 0 Å². The number of thiazole rings is 1. The average Bonchev–Trinajstić information content (AvgIpc) is 2.98. The lowest BCUT2D eigenvalue weighted by Crippen LogP contribution is -2.36. The fourth-order valence-corrected chi connectivity index (χ4v) is 2.59. The lowest BCUT2D eigenvalue weighted by molar-refractivity contribution is -0.141. The molecule has 0 saturated carbocycles. The largest absolute Gasteiger partial charge is 0.364 e. The first-order valence-electron chi connectivity index (χ1n) is 5.69. The van der Waals surface area contributed by atoms with Gasteiger partial charge in [0, 0.05) is 25.2 Å². The highest BCUT2D eigenvalue weighted by Crippen LogP contribution is 2.21. The summed E-state index contributed by atoms with van der Waals surface area (Å²) in [4.78, 5) is 17.9. The third-order valence-corrected chi connectivity index (χ3v) is 3.64. The van der Waals surface area contributed by atoms with Crippen LogP contribution in [0.1, 0.15) is 17.8 Å². The van der Waals surface area contributed by atoms with Crippen molar-refractivity contribution in [3.63, 3.8) is 0 Å². The van der Waals surface area contributed by atoms with Crippen LogP contribution in [0.15, 0.2) is 11.6 Å². The molecule has 1 fully saturated rings. The van der Waals surface area contributed by atoms with Crippen LogP contribution in [0.4, 0.5) is 0 Å². The molecular weight excluding hydrogens is 309 g/mol. The van der Waals surface area contributed by atoms with E-state index in [-0.39, 0.29) is 42.9 Å². The Morgan fingerprint density at radius 2 is 2.32 bits per heavy atom. The summed E-state index contributed by atoms with van der Waals surface area (Å²) in [6, 6.07) is 0. The average molecular weight is 328 g/mol. The first kappa shape index (κ1) is 18.6. The molecule has 2 atom stereocenters. The lowest BCUT2D eigenvalue weighted by Gasteiger charge is -2.20. The van der Waals surface area contributed by atoms with Gasteiger partial charge in [-0.1, -0.05) is 0 Å². The van der Waals surface area contributed by atoms with E-state index in [1.165, 1.54) is 0 Å². The molecular formula is C11H19Cl2N3O2S. The zero-order chi connectivity index (χ0) is 12.3. The van der Waals surface area contributed by atoms with E-state index >= 15 is 0 Å². The molecule has 2 heterocycles. The smallest absolute Gasteiger partial charge is 0.251 e. The minimum atomic E-state index is -0.325. The SMILES string of the molecule is CN(Cc1nccs1)C(=O)[C@@H]1CC[C@H](CN)O1.Cl.Cl. The first-order valence-corrected chi connectivity index (χ1v) is 6.57. The van der Waals surface area contributed by atoms with Crippen LogP contribution in [0.3, 0.4) is 0 Å². The highest BCUT2D eigenvalue weighted by Gasteiger charge is 2.31. The van der Waals surface area contributed by atoms with Crippen LogP contribution in [-0.4, -0.2) is 41.6 Å². The van der Waals surface area contributed by atoms with E-state index in [4.69, 9.17) is 10.5 Å². The van der Waals surface area contributed by atoms with Gasteiger partial charge in [-0.25, -0.2) is 4.98 Å². The second kappa shape index (κ2) is 8.71. The number of carbonyl (C=O) groups is 1. The second-order valence-corrected chi connectivity index (χ2v) is 5.16. The van der Waals surface area contributed by atoms with Crippen LogP contribution < -0.4 is 5.73 Å². The van der Waals surface area contributed by atoms with E-state index in [9.17, 15) is 4.79 Å². The number of amides is 1. The van der Waals surface area contributed by atoms with Crippen LogP contribution in [0.2, 0.25) is 0 Å². The molecule has 1 saturated heterocycles. The lowest BCUT2D eigenvalue weighted by atomic mass is 10.2. The van der Waals surface area contributed by atoms with Gasteiger partial charge < -0.3 is 15.4 Å². The Morgan fingerprint density at radius 3 is 2.84 bits per heavy atom. The van der Waals surface area contributed by atoms with E-state index in [0.717, 1.165) is 17.8 Å². The highest BCUT2D eigenvalue weighted by molar-refractivity contribution is 7.09. The van der Waals surface area contributed by atoms with Crippen molar-refractivity contribution in [2.24, 2.45) is 5.73 Å². The minimum Gasteiger partial charge on any atom is -0.364 e. The summed E-state index contributed by atoms with van der Waals surface area (Å²) < 4.78 is 5.58. The molecule has 1 aromatic rings. The van der Waals surface area contributed by atoms with Crippen LogP contribution in [0.25, 0.3) is 0 Å². The molecule has 5 nitrogen and oxygen atoms in total. The number of hydrogen-bond donors (Lipinski definition) is 1. The Morgan fingerprint density at radius 1 is 1.58 bits per heavy atom. The topological polar surface area (TPSA) is 68.5 Å². The molecule has 0 spiro atoms. The second-order valence-electron chi connectivity index (χ2n) is 4.18. The highest BCUT2D eigenvalue weighted by atomic mass is 35.5. The molecule has 0 bridgehead atoms. The van der Waals surface area contributed by atoms with Crippen molar-refractivity contribution in [1.82, 2.24) is 9.88 Å². The van der Waals surface area contributed by atoms with Crippen LogP contribution in [0.5, 0.6) is 0 Å². The number of hydrogen-bond acceptors (Lipinski definition) is 5. The zero-order valence-corrected chi connectivity index (χ0v) is 13.1. The van der Waals surface area contributed by atoms with E-state index in [1.54, 1.807) is 29.5 Å². The Bertz CT molecular complexity index is 378. The van der Waals surface area contributed by atoms with E-state index < -0.39 is 0 Å². The van der Waals surface area contributed by atoms with Crippen LogP contribution in [-0.2, 0) is 16.1 Å². The Labute approximate surface area is 129 Å². The van der Waals surface area contributed by atoms with Gasteiger partial charge in [0.2, 0.25) is 0 Å². The standard InChI is InChI=1S/C11H17N3O2S.2ClH/c1-14(7-10-13-4-5-17-10)11(15)9-3-2-8(6-12)16-9;;/h4-5,8-9H,2-3,6-7,12H2,1H3;2*1H/t8-,9+;;/m1../s1. The number of rotatable bonds is 4. The molecule has 1 aliphatic rings. The monoisotopic (exact) mass is 327 g/mol. The van der Waals surface area contributed by atoms with Gasteiger partial charge in [0.05, 0.1) is 12.6 Å². The Balaban J connectivity index is 0.00000162. The molecule has 0 aliphatic carbocycles. The van der Waals surface area contributed by atoms with E-state index in [2.05, 4.69) is 4.98 Å². The number of carbonyl (C=O) groups excluding carboxylic acids is 1. The zero-order valence-electron chi connectivity index (χ0n) is 10.7. The van der Waals surface area contributed by atoms with Gasteiger partial charge in [-0.2, -0.15) is 0 Å². The first-order chi connectivity index (χ1) is 8.20. The van der Waals surface area contributed by atoms with Gasteiger partial charge >= 0.3 is 0 Å². The van der Waals surface area contributed by atoms with Gasteiger partial charge in [0.25, 0.3) is 5.91 Å². The summed E-state index contributed by atoms with van der Waals surface area (Å²) in [5.41, 5.74) is 5.52. The molecule has 1 amide bonds. The Kier molecular flexibility index (Phi) is 8.52. The molecule has 0 aromatic carbocycles. The van der Waals surface area contributed by atoms with Crippen molar-refractivity contribution >= 4 is 42.1 Å². The summed E-state index contributed by atoms with van der Waals surface area (Å²) in [5.74, 6) is 0.0242. The summed E-state index contributed by atoms with van der Waals surface area (Å²) in [5, 5.41) is 2.85. The fourth-order valence-electron chi connectivity index (χ4n) is 1.92. The number of likely N-dealkylation sites (N-methyl/N-ethyl adjacent to an activating group) is 1. The molecule has 2 rings (SSSR count). The fraction of sp³-hybridized carbons (Fsp3) is 0.636.